The number of methoxy groups -OCH3 is 1. The summed E-state index contributed by atoms with van der Waals surface area (Å²) in [5.41, 5.74) is -0.217. The summed E-state index contributed by atoms with van der Waals surface area (Å²) in [7, 11) is 1.43. The maximum absolute atomic E-state index is 11.0. The van der Waals surface area contributed by atoms with Crippen LogP contribution < -0.4 is 9.47 Å². The highest BCUT2D eigenvalue weighted by molar-refractivity contribution is 9.10. The van der Waals surface area contributed by atoms with E-state index in [2.05, 4.69) is 25.9 Å². The van der Waals surface area contributed by atoms with Gasteiger partial charge in [-0.3, -0.25) is 10.1 Å². The number of hydrogen-bond donors (Lipinski definition) is 0. The van der Waals surface area contributed by atoms with Gasteiger partial charge in [0.15, 0.2) is 0 Å². The molecule has 2 aromatic rings. The molecule has 19 heavy (non-hydrogen) atoms. The zero-order valence-electron chi connectivity index (χ0n) is 9.74. The van der Waals surface area contributed by atoms with Crippen molar-refractivity contribution in [1.82, 2.24) is 9.97 Å². The van der Waals surface area contributed by atoms with Crippen molar-refractivity contribution in [2.45, 2.75) is 0 Å². The Hall–Kier alpha value is -2.22. The molecule has 0 N–H and O–H groups in total. The van der Waals surface area contributed by atoms with Crippen LogP contribution >= 0.6 is 15.9 Å². The molecule has 0 atom stereocenters. The topological polar surface area (TPSA) is 87.4 Å². The third kappa shape index (κ3) is 3.16. The van der Waals surface area contributed by atoms with E-state index in [-0.39, 0.29) is 17.4 Å². The fraction of sp³-hybridized carbons (Fsp3) is 0.0909. The maximum Gasteiger partial charge on any atom is 0.322 e. The number of nitrogens with zero attached hydrogens (tertiary/aromatic N) is 3. The van der Waals surface area contributed by atoms with Crippen LogP contribution in [0.4, 0.5) is 5.69 Å². The van der Waals surface area contributed by atoms with Crippen molar-refractivity contribution in [3.05, 3.63) is 45.2 Å². The highest BCUT2D eigenvalue weighted by Crippen LogP contribution is 2.33. The van der Waals surface area contributed by atoms with Gasteiger partial charge in [-0.1, -0.05) is 0 Å². The normalized spacial score (nSPS) is 10.0. The molecule has 1 heterocycles. The quantitative estimate of drug-likeness (QED) is 0.634. The van der Waals surface area contributed by atoms with E-state index >= 15 is 0 Å². The number of nitro groups is 1. The average Bonchev–Trinajstić information content (AvgIpc) is 2.41. The second-order valence-electron chi connectivity index (χ2n) is 3.38. The first kappa shape index (κ1) is 13.2. The van der Waals surface area contributed by atoms with Gasteiger partial charge in [-0.25, -0.2) is 9.97 Å². The first-order chi connectivity index (χ1) is 9.10. The van der Waals surface area contributed by atoms with Crippen LogP contribution in [0.25, 0.3) is 0 Å². The van der Waals surface area contributed by atoms with Crippen LogP contribution in [-0.2, 0) is 0 Å². The van der Waals surface area contributed by atoms with Gasteiger partial charge in [0.25, 0.3) is 0 Å². The summed E-state index contributed by atoms with van der Waals surface area (Å²) < 4.78 is 10.9. The van der Waals surface area contributed by atoms with Crippen molar-refractivity contribution in [1.29, 1.82) is 0 Å². The zero-order valence-corrected chi connectivity index (χ0v) is 11.3. The minimum absolute atomic E-state index is 0.0245. The molecule has 0 amide bonds. The number of hydrogen-bond acceptors (Lipinski definition) is 6. The average molecular weight is 326 g/mol. The zero-order chi connectivity index (χ0) is 13.8. The smallest absolute Gasteiger partial charge is 0.322 e. The van der Waals surface area contributed by atoms with Crippen LogP contribution in [-0.4, -0.2) is 22.0 Å². The lowest BCUT2D eigenvalue weighted by Crippen LogP contribution is -1.97. The van der Waals surface area contributed by atoms with Gasteiger partial charge in [-0.2, -0.15) is 0 Å². The molecular formula is C11H8BrN3O4. The summed E-state index contributed by atoms with van der Waals surface area (Å²) in [4.78, 5) is 18.2. The minimum atomic E-state index is -0.559. The SMILES string of the molecule is COc1ccc(Oc2ncc(Br)cn2)c([N+](=O)[O-])c1. The van der Waals surface area contributed by atoms with Crippen LogP contribution in [0.3, 0.4) is 0 Å². The molecule has 0 saturated heterocycles. The Morgan fingerprint density at radius 3 is 2.58 bits per heavy atom. The van der Waals surface area contributed by atoms with Crippen molar-refractivity contribution < 1.29 is 14.4 Å². The third-order valence-electron chi connectivity index (χ3n) is 2.16. The Morgan fingerprint density at radius 1 is 1.32 bits per heavy atom. The van der Waals surface area contributed by atoms with Crippen molar-refractivity contribution in [2.75, 3.05) is 7.11 Å². The molecule has 8 heteroatoms. The van der Waals surface area contributed by atoms with Crippen LogP contribution in [0.15, 0.2) is 35.1 Å². The van der Waals surface area contributed by atoms with Crippen LogP contribution in [0.5, 0.6) is 17.5 Å². The molecule has 0 aliphatic rings. The van der Waals surface area contributed by atoms with E-state index in [0.717, 1.165) is 0 Å². The first-order valence-electron chi connectivity index (χ1n) is 5.08. The molecule has 0 saturated carbocycles. The fourth-order valence-electron chi connectivity index (χ4n) is 1.30. The molecule has 0 radical (unpaired) electrons. The predicted octanol–water partition coefficient (Wildman–Crippen LogP) is 2.95. The van der Waals surface area contributed by atoms with Gasteiger partial charge in [-0.05, 0) is 28.1 Å². The molecule has 98 valence electrons. The highest BCUT2D eigenvalue weighted by atomic mass is 79.9. The van der Waals surface area contributed by atoms with Gasteiger partial charge in [0.05, 0.1) is 22.6 Å². The second-order valence-corrected chi connectivity index (χ2v) is 4.29. The Labute approximate surface area is 116 Å². The van der Waals surface area contributed by atoms with Gasteiger partial charge in [0, 0.05) is 12.4 Å². The van der Waals surface area contributed by atoms with Crippen LogP contribution in [0.1, 0.15) is 0 Å². The molecule has 0 aliphatic carbocycles. The second kappa shape index (κ2) is 5.61. The highest BCUT2D eigenvalue weighted by Gasteiger charge is 2.18. The molecule has 0 aliphatic heterocycles. The summed E-state index contributed by atoms with van der Waals surface area (Å²) in [5.74, 6) is 0.420. The third-order valence-corrected chi connectivity index (χ3v) is 2.57. The van der Waals surface area contributed by atoms with Gasteiger partial charge < -0.3 is 9.47 Å². The summed E-state index contributed by atoms with van der Waals surface area (Å²) >= 11 is 3.18. The summed E-state index contributed by atoms with van der Waals surface area (Å²) in [6, 6.07) is 4.29. The van der Waals surface area contributed by atoms with E-state index in [1.54, 1.807) is 6.07 Å². The molecule has 2 rings (SSSR count). The van der Waals surface area contributed by atoms with Crippen molar-refractivity contribution in [2.24, 2.45) is 0 Å². The van der Waals surface area contributed by atoms with Crippen LogP contribution in [0, 0.1) is 10.1 Å². The Bertz CT molecular complexity index is 603. The number of benzene rings is 1. The van der Waals surface area contributed by atoms with E-state index in [9.17, 15) is 10.1 Å². The molecular weight excluding hydrogens is 318 g/mol. The lowest BCUT2D eigenvalue weighted by molar-refractivity contribution is -0.385. The molecule has 7 nitrogen and oxygen atoms in total. The summed E-state index contributed by atoms with van der Waals surface area (Å²) in [6.45, 7) is 0. The number of ether oxygens (including phenoxy) is 2. The molecule has 0 spiro atoms. The van der Waals surface area contributed by atoms with E-state index < -0.39 is 4.92 Å². The molecule has 1 aromatic carbocycles. The van der Waals surface area contributed by atoms with Gasteiger partial charge >= 0.3 is 11.7 Å². The van der Waals surface area contributed by atoms with Crippen molar-refractivity contribution in [3.8, 4) is 17.5 Å². The van der Waals surface area contributed by atoms with Crippen LogP contribution in [0.2, 0.25) is 0 Å². The van der Waals surface area contributed by atoms with Gasteiger partial charge in [-0.15, -0.1) is 0 Å². The monoisotopic (exact) mass is 325 g/mol. The van der Waals surface area contributed by atoms with E-state index in [0.29, 0.717) is 10.2 Å². The van der Waals surface area contributed by atoms with E-state index in [1.165, 1.54) is 31.6 Å². The Kier molecular flexibility index (Phi) is 3.91. The summed E-state index contributed by atoms with van der Waals surface area (Å²) in [6.07, 6.45) is 2.97. The summed E-state index contributed by atoms with van der Waals surface area (Å²) in [5, 5.41) is 11.0. The molecule has 0 bridgehead atoms. The van der Waals surface area contributed by atoms with E-state index in [4.69, 9.17) is 9.47 Å². The predicted molar refractivity (Wildman–Crippen MR) is 69.5 cm³/mol. The van der Waals surface area contributed by atoms with Gasteiger partial charge in [0.2, 0.25) is 5.75 Å². The molecule has 0 fully saturated rings. The van der Waals surface area contributed by atoms with Crippen molar-refractivity contribution >= 4 is 21.6 Å². The lowest BCUT2D eigenvalue weighted by Gasteiger charge is -2.05. The Balaban J connectivity index is 2.33. The number of aromatic nitrogens is 2. The minimum Gasteiger partial charge on any atom is -0.496 e. The molecule has 0 unspecified atom stereocenters. The molecule has 1 aromatic heterocycles. The van der Waals surface area contributed by atoms with Crippen molar-refractivity contribution in [3.63, 3.8) is 0 Å². The maximum atomic E-state index is 11.0. The fourth-order valence-corrected chi connectivity index (χ4v) is 1.51. The van der Waals surface area contributed by atoms with Gasteiger partial charge in [0.1, 0.15) is 5.75 Å². The number of rotatable bonds is 4. The standard InChI is InChI=1S/C11H8BrN3O4/c1-18-8-2-3-10(9(4-8)15(16)17)19-11-13-5-7(12)6-14-11/h2-6H,1H3. The first-order valence-corrected chi connectivity index (χ1v) is 5.87. The number of halogens is 1. The van der Waals surface area contributed by atoms with E-state index in [1.807, 2.05) is 0 Å². The Morgan fingerprint density at radius 2 is 2.00 bits per heavy atom. The largest absolute Gasteiger partial charge is 0.496 e. The number of nitro benzene ring substituents is 1. The lowest BCUT2D eigenvalue weighted by atomic mass is 10.3.